The molecule has 1 aromatic rings. The molecule has 0 aromatic heterocycles. The molecule has 0 unspecified atom stereocenters. The molecule has 1 aliphatic rings. The molecule has 1 saturated heterocycles. The van der Waals surface area contributed by atoms with Gasteiger partial charge in [-0.25, -0.2) is 4.79 Å². The minimum Gasteiger partial charge on any atom is -0.490 e. The number of benzene rings is 1. The molecule has 1 amide bonds. The minimum absolute atomic E-state index is 0.00119. The molecule has 144 valence electrons. The van der Waals surface area contributed by atoms with Gasteiger partial charge in [0, 0.05) is 30.1 Å². The second-order valence-electron chi connectivity index (χ2n) is 5.96. The Morgan fingerprint density at radius 1 is 1.27 bits per heavy atom. The molecule has 8 heteroatoms. The van der Waals surface area contributed by atoms with Crippen LogP contribution in [-0.2, 0) is 9.53 Å². The van der Waals surface area contributed by atoms with Crippen LogP contribution in [0.2, 0.25) is 0 Å². The highest BCUT2D eigenvalue weighted by Gasteiger charge is 2.32. The van der Waals surface area contributed by atoms with E-state index in [0.717, 1.165) is 12.8 Å². The van der Waals surface area contributed by atoms with Crippen LogP contribution in [0, 0.1) is 0 Å². The van der Waals surface area contributed by atoms with Crippen molar-refractivity contribution >= 4 is 23.6 Å². The topological polar surface area (TPSA) is 94.1 Å². The van der Waals surface area contributed by atoms with Gasteiger partial charge in [0.2, 0.25) is 0 Å². The zero-order valence-electron chi connectivity index (χ0n) is 15.1. The summed E-state index contributed by atoms with van der Waals surface area (Å²) >= 11 is 1.76. The van der Waals surface area contributed by atoms with E-state index in [4.69, 9.17) is 19.3 Å². The number of ether oxygens (including phenoxy) is 3. The molecule has 0 saturated carbocycles. The quantitative estimate of drug-likeness (QED) is 0.675. The fraction of sp³-hybridized carbons (Fsp3) is 0.556. The summed E-state index contributed by atoms with van der Waals surface area (Å²) < 4.78 is 16.1. The molecule has 2 N–H and O–H groups in total. The number of carboxylic acid groups (broad SMARTS) is 1. The SMILES string of the molecule is CCOc1cc(C(=O)NCC2(SC)CCOCC2)ccc1OCC(=O)O. The first kappa shape index (κ1) is 20.4. The van der Waals surface area contributed by atoms with Crippen molar-refractivity contribution in [2.24, 2.45) is 0 Å². The Morgan fingerprint density at radius 2 is 2.00 bits per heavy atom. The number of carbonyl (C=O) groups excluding carboxylic acids is 1. The maximum absolute atomic E-state index is 12.5. The Balaban J connectivity index is 2.05. The smallest absolute Gasteiger partial charge is 0.341 e. The molecule has 0 atom stereocenters. The first-order valence-electron chi connectivity index (χ1n) is 8.52. The molecular formula is C18H25NO6S. The summed E-state index contributed by atoms with van der Waals surface area (Å²) in [5.41, 5.74) is 0.444. The van der Waals surface area contributed by atoms with Crippen molar-refractivity contribution in [3.63, 3.8) is 0 Å². The van der Waals surface area contributed by atoms with Gasteiger partial charge in [0.1, 0.15) is 0 Å². The van der Waals surface area contributed by atoms with E-state index in [0.29, 0.717) is 43.4 Å². The molecule has 7 nitrogen and oxygen atoms in total. The summed E-state index contributed by atoms with van der Waals surface area (Å²) in [6.07, 6.45) is 3.86. The fourth-order valence-electron chi connectivity index (χ4n) is 2.72. The predicted molar refractivity (Wildman–Crippen MR) is 99.4 cm³/mol. The lowest BCUT2D eigenvalue weighted by Crippen LogP contribution is -2.44. The average molecular weight is 383 g/mol. The molecule has 1 aliphatic heterocycles. The van der Waals surface area contributed by atoms with E-state index in [1.54, 1.807) is 36.9 Å². The summed E-state index contributed by atoms with van der Waals surface area (Å²) in [6.45, 7) is 3.70. The first-order valence-corrected chi connectivity index (χ1v) is 9.74. The molecule has 0 spiro atoms. The van der Waals surface area contributed by atoms with Crippen molar-refractivity contribution in [2.75, 3.05) is 39.2 Å². The highest BCUT2D eigenvalue weighted by molar-refractivity contribution is 8.00. The lowest BCUT2D eigenvalue weighted by atomic mass is 9.99. The number of hydrogen-bond acceptors (Lipinski definition) is 6. The van der Waals surface area contributed by atoms with E-state index < -0.39 is 12.6 Å². The number of hydrogen-bond donors (Lipinski definition) is 2. The standard InChI is InChI=1S/C18H25NO6S/c1-3-24-15-10-13(4-5-14(15)25-11-16(20)21)17(22)19-12-18(26-2)6-8-23-9-7-18/h4-5,10H,3,6-9,11-12H2,1-2H3,(H,19,22)(H,20,21). The van der Waals surface area contributed by atoms with Crippen LogP contribution in [0.4, 0.5) is 0 Å². The largest absolute Gasteiger partial charge is 0.490 e. The van der Waals surface area contributed by atoms with Gasteiger partial charge >= 0.3 is 5.97 Å². The first-order chi connectivity index (χ1) is 12.5. The Labute approximate surface area is 157 Å². The molecule has 26 heavy (non-hydrogen) atoms. The summed E-state index contributed by atoms with van der Waals surface area (Å²) in [7, 11) is 0. The molecule has 1 heterocycles. The van der Waals surface area contributed by atoms with Gasteiger partial charge in [0.25, 0.3) is 5.91 Å². The number of thioether (sulfide) groups is 1. The monoisotopic (exact) mass is 383 g/mol. The van der Waals surface area contributed by atoms with Gasteiger partial charge < -0.3 is 24.6 Å². The third-order valence-corrected chi connectivity index (χ3v) is 5.68. The van der Waals surface area contributed by atoms with Gasteiger partial charge in [-0.15, -0.1) is 0 Å². The second kappa shape index (κ2) is 9.68. The van der Waals surface area contributed by atoms with E-state index in [-0.39, 0.29) is 10.7 Å². The molecular weight excluding hydrogens is 358 g/mol. The number of amides is 1. The Hall–Kier alpha value is -1.93. The van der Waals surface area contributed by atoms with Gasteiger partial charge in [-0.3, -0.25) is 4.79 Å². The number of aliphatic carboxylic acids is 1. The van der Waals surface area contributed by atoms with Crippen LogP contribution in [-0.4, -0.2) is 61.0 Å². The molecule has 1 fully saturated rings. The molecule has 0 aliphatic carbocycles. The summed E-state index contributed by atoms with van der Waals surface area (Å²) in [5.74, 6) is -0.619. The Bertz CT molecular complexity index is 630. The zero-order valence-corrected chi connectivity index (χ0v) is 15.9. The highest BCUT2D eigenvalue weighted by Crippen LogP contribution is 2.33. The van der Waals surface area contributed by atoms with Crippen LogP contribution in [0.1, 0.15) is 30.1 Å². The summed E-state index contributed by atoms with van der Waals surface area (Å²) in [5, 5.41) is 11.7. The van der Waals surface area contributed by atoms with Crippen molar-refractivity contribution in [1.29, 1.82) is 0 Å². The number of rotatable bonds is 9. The van der Waals surface area contributed by atoms with Crippen molar-refractivity contribution < 1.29 is 28.9 Å². The fourth-order valence-corrected chi connectivity index (χ4v) is 3.51. The molecule has 0 radical (unpaired) electrons. The number of nitrogens with one attached hydrogen (secondary N) is 1. The van der Waals surface area contributed by atoms with Crippen LogP contribution in [0.3, 0.4) is 0 Å². The Kier molecular flexibility index (Phi) is 7.59. The van der Waals surface area contributed by atoms with E-state index in [2.05, 4.69) is 11.6 Å². The Morgan fingerprint density at radius 3 is 2.62 bits per heavy atom. The van der Waals surface area contributed by atoms with E-state index >= 15 is 0 Å². The van der Waals surface area contributed by atoms with E-state index in [1.165, 1.54) is 0 Å². The number of carboxylic acids is 1. The van der Waals surface area contributed by atoms with Gasteiger partial charge in [0.15, 0.2) is 18.1 Å². The van der Waals surface area contributed by atoms with E-state index in [1.807, 2.05) is 0 Å². The van der Waals surface area contributed by atoms with Gasteiger partial charge in [-0.2, -0.15) is 11.8 Å². The van der Waals surface area contributed by atoms with Crippen LogP contribution >= 0.6 is 11.8 Å². The second-order valence-corrected chi connectivity index (χ2v) is 7.23. The lowest BCUT2D eigenvalue weighted by Gasteiger charge is -2.35. The van der Waals surface area contributed by atoms with Crippen molar-refractivity contribution in [3.8, 4) is 11.5 Å². The number of carbonyl (C=O) groups is 2. The van der Waals surface area contributed by atoms with Gasteiger partial charge in [0.05, 0.1) is 6.61 Å². The summed E-state index contributed by atoms with van der Waals surface area (Å²) in [4.78, 5) is 23.2. The van der Waals surface area contributed by atoms with Gasteiger partial charge in [-0.1, -0.05) is 0 Å². The molecule has 2 rings (SSSR count). The summed E-state index contributed by atoms with van der Waals surface area (Å²) in [6, 6.07) is 4.73. The molecule has 0 bridgehead atoms. The third kappa shape index (κ3) is 5.54. The van der Waals surface area contributed by atoms with Crippen LogP contribution in [0.5, 0.6) is 11.5 Å². The minimum atomic E-state index is -1.08. The zero-order chi connectivity index (χ0) is 19.0. The van der Waals surface area contributed by atoms with Crippen molar-refractivity contribution in [1.82, 2.24) is 5.32 Å². The van der Waals surface area contributed by atoms with Gasteiger partial charge in [-0.05, 0) is 44.2 Å². The normalized spacial score (nSPS) is 15.9. The maximum atomic E-state index is 12.5. The van der Waals surface area contributed by atoms with Crippen LogP contribution in [0.25, 0.3) is 0 Å². The van der Waals surface area contributed by atoms with Crippen LogP contribution in [0.15, 0.2) is 18.2 Å². The predicted octanol–water partition coefficient (Wildman–Crippen LogP) is 2.19. The highest BCUT2D eigenvalue weighted by atomic mass is 32.2. The third-order valence-electron chi connectivity index (χ3n) is 4.27. The van der Waals surface area contributed by atoms with Crippen molar-refractivity contribution in [3.05, 3.63) is 23.8 Å². The average Bonchev–Trinajstić information content (AvgIpc) is 2.66. The van der Waals surface area contributed by atoms with Crippen molar-refractivity contribution in [2.45, 2.75) is 24.5 Å². The lowest BCUT2D eigenvalue weighted by molar-refractivity contribution is -0.139. The molecule has 1 aromatic carbocycles. The van der Waals surface area contributed by atoms with Crippen LogP contribution < -0.4 is 14.8 Å². The maximum Gasteiger partial charge on any atom is 0.341 e. The van der Waals surface area contributed by atoms with E-state index in [9.17, 15) is 9.59 Å².